The fourth-order valence-electron chi connectivity index (χ4n) is 3.36. The number of likely N-dealkylation sites (tertiary alicyclic amines) is 1. The van der Waals surface area contributed by atoms with Crippen molar-refractivity contribution in [2.45, 2.75) is 45.3 Å². The first-order valence-corrected chi connectivity index (χ1v) is 9.41. The summed E-state index contributed by atoms with van der Waals surface area (Å²) in [5.41, 5.74) is 2.19. The Hall–Kier alpha value is -2.25. The molecule has 0 saturated carbocycles. The van der Waals surface area contributed by atoms with Crippen molar-refractivity contribution in [3.8, 4) is 0 Å². The third kappa shape index (κ3) is 5.37. The van der Waals surface area contributed by atoms with Crippen molar-refractivity contribution >= 4 is 5.91 Å². The number of benzene rings is 1. The molecule has 1 saturated heterocycles. The van der Waals surface area contributed by atoms with Crippen molar-refractivity contribution in [2.75, 3.05) is 26.9 Å². The molecule has 1 unspecified atom stereocenters. The lowest BCUT2D eigenvalue weighted by molar-refractivity contribution is -0.134. The number of aryl methyl sites for hydroxylation is 1. The van der Waals surface area contributed by atoms with Gasteiger partial charge in [-0.15, -0.1) is 0 Å². The van der Waals surface area contributed by atoms with Crippen LogP contribution in [0.2, 0.25) is 0 Å². The lowest BCUT2D eigenvalue weighted by Crippen LogP contribution is -2.39. The van der Waals surface area contributed by atoms with E-state index in [1.54, 1.807) is 7.11 Å². The minimum atomic E-state index is -0.132. The standard InChI is InChI=1S/C20H27N3O4/c1-15-6-5-7-16(12-15)13-19(24)23-9-4-3-8-17(23)20-21-18(27-22-20)14-26-11-10-25-2/h5-7,12,17H,3-4,8-11,13-14H2,1-2H3. The summed E-state index contributed by atoms with van der Waals surface area (Å²) < 4.78 is 15.7. The summed E-state index contributed by atoms with van der Waals surface area (Å²) in [6.45, 7) is 4.00. The van der Waals surface area contributed by atoms with Crippen molar-refractivity contribution in [2.24, 2.45) is 0 Å². The Bertz CT molecular complexity index is 746. The van der Waals surface area contributed by atoms with Crippen molar-refractivity contribution in [3.05, 3.63) is 47.1 Å². The first kappa shape index (κ1) is 19.5. The van der Waals surface area contributed by atoms with E-state index in [9.17, 15) is 4.79 Å². The highest BCUT2D eigenvalue weighted by Gasteiger charge is 2.31. The number of methoxy groups -OCH3 is 1. The zero-order chi connectivity index (χ0) is 19.1. The minimum absolute atomic E-state index is 0.105. The Morgan fingerprint density at radius 2 is 2.22 bits per heavy atom. The molecule has 1 aliphatic heterocycles. The average molecular weight is 373 g/mol. The number of rotatable bonds is 8. The molecular formula is C20H27N3O4. The van der Waals surface area contributed by atoms with Crippen LogP contribution in [0.1, 0.15) is 48.1 Å². The van der Waals surface area contributed by atoms with Crippen LogP contribution in [0.3, 0.4) is 0 Å². The molecule has 0 spiro atoms. The molecular weight excluding hydrogens is 346 g/mol. The van der Waals surface area contributed by atoms with Gasteiger partial charge in [-0.25, -0.2) is 0 Å². The van der Waals surface area contributed by atoms with Gasteiger partial charge in [-0.1, -0.05) is 35.0 Å². The zero-order valence-corrected chi connectivity index (χ0v) is 16.0. The van der Waals surface area contributed by atoms with Crippen LogP contribution in [0.25, 0.3) is 0 Å². The number of piperidine rings is 1. The SMILES string of the molecule is COCCOCc1nc(C2CCCCN2C(=O)Cc2cccc(C)c2)no1. The number of ether oxygens (including phenoxy) is 2. The summed E-state index contributed by atoms with van der Waals surface area (Å²) in [6, 6.07) is 7.94. The summed E-state index contributed by atoms with van der Waals surface area (Å²) in [4.78, 5) is 19.3. The van der Waals surface area contributed by atoms with Crippen LogP contribution in [0, 0.1) is 6.92 Å². The molecule has 27 heavy (non-hydrogen) atoms. The molecule has 2 heterocycles. The molecule has 146 valence electrons. The van der Waals surface area contributed by atoms with E-state index in [1.807, 2.05) is 30.0 Å². The third-order valence-electron chi connectivity index (χ3n) is 4.70. The third-order valence-corrected chi connectivity index (χ3v) is 4.70. The first-order valence-electron chi connectivity index (χ1n) is 9.41. The summed E-state index contributed by atoms with van der Waals surface area (Å²) in [5, 5.41) is 4.10. The predicted molar refractivity (Wildman–Crippen MR) is 99.0 cm³/mol. The van der Waals surface area contributed by atoms with Crippen molar-refractivity contribution < 1.29 is 18.8 Å². The maximum Gasteiger partial charge on any atom is 0.252 e. The number of carbonyl (C=O) groups is 1. The Labute approximate surface area is 159 Å². The van der Waals surface area contributed by atoms with Crippen LogP contribution in [-0.2, 0) is 27.3 Å². The van der Waals surface area contributed by atoms with Gasteiger partial charge in [0.05, 0.1) is 25.7 Å². The van der Waals surface area contributed by atoms with Crippen LogP contribution >= 0.6 is 0 Å². The van der Waals surface area contributed by atoms with Crippen LogP contribution in [0.15, 0.2) is 28.8 Å². The first-order chi connectivity index (χ1) is 13.2. The molecule has 7 nitrogen and oxygen atoms in total. The quantitative estimate of drug-likeness (QED) is 0.662. The van der Waals surface area contributed by atoms with E-state index in [4.69, 9.17) is 14.0 Å². The maximum absolute atomic E-state index is 12.9. The van der Waals surface area contributed by atoms with Gasteiger partial charge in [0.2, 0.25) is 5.91 Å². The molecule has 1 fully saturated rings. The summed E-state index contributed by atoms with van der Waals surface area (Å²) >= 11 is 0. The average Bonchev–Trinajstić information content (AvgIpc) is 3.14. The van der Waals surface area contributed by atoms with E-state index in [-0.39, 0.29) is 18.6 Å². The monoisotopic (exact) mass is 373 g/mol. The highest BCUT2D eigenvalue weighted by Crippen LogP contribution is 2.30. The van der Waals surface area contributed by atoms with Crippen molar-refractivity contribution in [3.63, 3.8) is 0 Å². The van der Waals surface area contributed by atoms with Gasteiger partial charge >= 0.3 is 0 Å². The molecule has 1 aromatic heterocycles. The number of nitrogens with zero attached hydrogens (tertiary/aromatic N) is 3. The second-order valence-electron chi connectivity index (χ2n) is 6.86. The summed E-state index contributed by atoms with van der Waals surface area (Å²) in [6.07, 6.45) is 3.29. The van der Waals surface area contributed by atoms with Gasteiger partial charge in [0.1, 0.15) is 6.61 Å². The molecule has 0 bridgehead atoms. The van der Waals surface area contributed by atoms with E-state index in [1.165, 1.54) is 0 Å². The lowest BCUT2D eigenvalue weighted by Gasteiger charge is -2.34. The number of hydrogen-bond donors (Lipinski definition) is 0. The molecule has 1 amide bonds. The molecule has 2 aromatic rings. The Morgan fingerprint density at radius 1 is 1.33 bits per heavy atom. The van der Waals surface area contributed by atoms with Gasteiger partial charge < -0.3 is 18.9 Å². The highest BCUT2D eigenvalue weighted by molar-refractivity contribution is 5.79. The molecule has 1 aromatic carbocycles. The van der Waals surface area contributed by atoms with E-state index >= 15 is 0 Å². The molecule has 3 rings (SSSR count). The van der Waals surface area contributed by atoms with Crippen LogP contribution in [0.5, 0.6) is 0 Å². The predicted octanol–water partition coefficient (Wildman–Crippen LogP) is 2.84. The molecule has 1 aliphatic rings. The maximum atomic E-state index is 12.9. The normalized spacial score (nSPS) is 17.3. The Morgan fingerprint density at radius 3 is 3.04 bits per heavy atom. The molecule has 0 aliphatic carbocycles. The minimum Gasteiger partial charge on any atom is -0.382 e. The van der Waals surface area contributed by atoms with E-state index in [0.717, 1.165) is 36.9 Å². The van der Waals surface area contributed by atoms with Gasteiger partial charge in [-0.2, -0.15) is 4.98 Å². The molecule has 0 N–H and O–H groups in total. The fourth-order valence-corrected chi connectivity index (χ4v) is 3.36. The van der Waals surface area contributed by atoms with Crippen LogP contribution in [-0.4, -0.2) is 47.8 Å². The lowest BCUT2D eigenvalue weighted by atomic mass is 10.00. The van der Waals surface area contributed by atoms with Crippen LogP contribution < -0.4 is 0 Å². The topological polar surface area (TPSA) is 77.7 Å². The number of amides is 1. The Kier molecular flexibility index (Phi) is 6.95. The summed E-state index contributed by atoms with van der Waals surface area (Å²) in [5.74, 6) is 1.10. The molecule has 0 radical (unpaired) electrons. The smallest absolute Gasteiger partial charge is 0.252 e. The largest absolute Gasteiger partial charge is 0.382 e. The van der Waals surface area contributed by atoms with Crippen LogP contribution in [0.4, 0.5) is 0 Å². The molecule has 7 heteroatoms. The van der Waals surface area contributed by atoms with Gasteiger partial charge in [-0.3, -0.25) is 4.79 Å². The van der Waals surface area contributed by atoms with E-state index < -0.39 is 0 Å². The van der Waals surface area contributed by atoms with Gasteiger partial charge in [0, 0.05) is 13.7 Å². The van der Waals surface area contributed by atoms with Crippen molar-refractivity contribution in [1.29, 1.82) is 0 Å². The second-order valence-corrected chi connectivity index (χ2v) is 6.86. The van der Waals surface area contributed by atoms with E-state index in [2.05, 4.69) is 16.2 Å². The van der Waals surface area contributed by atoms with E-state index in [0.29, 0.717) is 31.3 Å². The Balaban J connectivity index is 1.64. The second kappa shape index (κ2) is 9.62. The van der Waals surface area contributed by atoms with Gasteiger partial charge in [0.25, 0.3) is 5.89 Å². The fraction of sp³-hybridized carbons (Fsp3) is 0.550. The summed E-state index contributed by atoms with van der Waals surface area (Å²) in [7, 11) is 1.62. The number of carbonyl (C=O) groups excluding carboxylic acids is 1. The van der Waals surface area contributed by atoms with Crippen molar-refractivity contribution in [1.82, 2.24) is 15.0 Å². The number of aromatic nitrogens is 2. The van der Waals surface area contributed by atoms with Gasteiger partial charge in [-0.05, 0) is 31.7 Å². The highest BCUT2D eigenvalue weighted by atomic mass is 16.5. The van der Waals surface area contributed by atoms with Gasteiger partial charge in [0.15, 0.2) is 5.82 Å². The molecule has 1 atom stereocenters. The number of hydrogen-bond acceptors (Lipinski definition) is 6. The zero-order valence-electron chi connectivity index (χ0n) is 16.0.